The topological polar surface area (TPSA) is 54.0 Å². The molecule has 1 radical (unpaired) electrons. The lowest BCUT2D eigenvalue weighted by Gasteiger charge is -1.64. The standard InChI is InChI=1S/CH3O3S/c1-5(2,3)4/h1H3/i2-15. The minimum absolute atomic E-state index is 0.604. The van der Waals surface area contributed by atoms with Gasteiger partial charge in [0, 0.05) is 0 Å². The van der Waals surface area contributed by atoms with Gasteiger partial charge in [-0.05, 0) is 0 Å². The Labute approximate surface area is 30.4 Å². The van der Waals surface area contributed by atoms with Gasteiger partial charge in [-0.3, -0.25) is 0 Å². The second kappa shape index (κ2) is 0.948. The molecule has 3 nitrogen and oxygen atoms in total. The summed E-state index contributed by atoms with van der Waals surface area (Å²) in [7, 11) is -3.92. The van der Waals surface area contributed by atoms with Crippen molar-refractivity contribution in [3.05, 3.63) is 0 Å². The van der Waals surface area contributed by atoms with Crippen LogP contribution in [0.5, 0.6) is 0 Å². The Hall–Kier alpha value is -0.0900. The van der Waals surface area contributed by atoms with Crippen LogP contribution in [0.2, 0.25) is 0 Å². The zero-order valence-corrected chi connectivity index (χ0v) is 3.45. The van der Waals surface area contributed by atoms with Gasteiger partial charge in [0.2, 0.25) is 0 Å². The molecule has 0 fully saturated rings. The van der Waals surface area contributed by atoms with Crippen LogP contribution in [0, 0.1) is 0 Å². The van der Waals surface area contributed by atoms with E-state index in [9.17, 15) is 0 Å². The first-order chi connectivity index (χ1) is 2.00. The first-order valence-electron chi connectivity index (χ1n) is 0.908. The molecule has 0 bridgehead atoms. The molecule has 0 spiro atoms. The fourth-order valence-corrected chi connectivity index (χ4v) is 0. The van der Waals surface area contributed by atoms with Crippen LogP contribution in [0.3, 0.4) is 0 Å². The quantitative estimate of drug-likeness (QED) is 0.389. The van der Waals surface area contributed by atoms with E-state index in [1.165, 1.54) is 0 Å². The van der Waals surface area contributed by atoms with E-state index in [1.54, 1.807) is 0 Å². The second-order valence-electron chi connectivity index (χ2n) is 0.704. The summed E-state index contributed by atoms with van der Waals surface area (Å²) in [5, 5.41) is 0. The van der Waals surface area contributed by atoms with Gasteiger partial charge in [0.25, 0.3) is 10.1 Å². The van der Waals surface area contributed by atoms with Crippen molar-refractivity contribution in [1.29, 1.82) is 0 Å². The van der Waals surface area contributed by atoms with Crippen LogP contribution >= 0.6 is 0 Å². The van der Waals surface area contributed by atoms with Crippen molar-refractivity contribution in [3.63, 3.8) is 0 Å². The Morgan fingerprint density at radius 3 is 1.60 bits per heavy atom. The highest BCUT2D eigenvalue weighted by molar-refractivity contribution is 7.84. The molecule has 0 N–H and O–H groups in total. The van der Waals surface area contributed by atoms with Gasteiger partial charge in [0.15, 0.2) is 0 Å². The highest BCUT2D eigenvalue weighted by atomic mass is 32.2. The predicted molar refractivity (Wildman–Crippen MR) is 15.5 cm³/mol. The molecule has 4 heteroatoms. The first-order valence-corrected chi connectivity index (χ1v) is 2.72. The average Bonchev–Trinajstić information content (AvgIpc) is 0.722. The van der Waals surface area contributed by atoms with E-state index < -0.39 is 10.1 Å². The molecule has 0 saturated carbocycles. The molecule has 0 aliphatic carbocycles. The molecule has 0 saturated heterocycles. The van der Waals surface area contributed by atoms with Gasteiger partial charge >= 0.3 is 0 Å². The summed E-state index contributed by atoms with van der Waals surface area (Å²) in [6, 6.07) is 0. The fraction of sp³-hybridized carbons (Fsp3) is 1.00. The third kappa shape index (κ3) is 1760. The highest BCUT2D eigenvalue weighted by Crippen LogP contribution is 1.63. The predicted octanol–water partition coefficient (Wildman–Crippen LogP) is -0.623. The summed E-state index contributed by atoms with van der Waals surface area (Å²) in [6.45, 7) is 0. The largest absolute Gasteiger partial charge is 0.291 e. The molecule has 0 aromatic carbocycles. The molecular weight excluding hydrogens is 77.1 g/mol. The first kappa shape index (κ1) is 4.91. The van der Waals surface area contributed by atoms with Gasteiger partial charge < -0.3 is 0 Å². The Morgan fingerprint density at radius 1 is 1.60 bits per heavy atom. The van der Waals surface area contributed by atoms with E-state index >= 15 is 0 Å². The van der Waals surface area contributed by atoms with Gasteiger partial charge in [-0.25, -0.2) is 0 Å². The smallest absolute Gasteiger partial charge is 0.197 e. The lowest BCUT2D eigenvalue weighted by Crippen LogP contribution is -1.85. The van der Waals surface area contributed by atoms with Crippen molar-refractivity contribution in [1.82, 2.24) is 0 Å². The van der Waals surface area contributed by atoms with E-state index in [1.807, 2.05) is 0 Å². The monoisotopic (exact) mass is 80.0 g/mol. The zero-order valence-electron chi connectivity index (χ0n) is 2.63. The lowest BCUT2D eigenvalue weighted by atomic mass is 0.968. The SMILES string of the molecule is CS(=O)(=O)[1O]. The molecular formula is CH3O3S. The third-order valence-corrected chi connectivity index (χ3v) is 0. The van der Waals surface area contributed by atoms with Crippen molar-refractivity contribution in [2.45, 2.75) is 0 Å². The Balaban J connectivity index is 4.06. The molecule has 0 atom stereocenters. The van der Waals surface area contributed by atoms with E-state index in [4.69, 9.17) is 13.0 Å². The van der Waals surface area contributed by atoms with Crippen molar-refractivity contribution in [2.24, 2.45) is 0 Å². The van der Waals surface area contributed by atoms with Gasteiger partial charge in [0.05, 0.1) is 6.26 Å². The van der Waals surface area contributed by atoms with E-state index in [-0.39, 0.29) is 0 Å². The maximum atomic E-state index is 9.08. The third-order valence-electron chi connectivity index (χ3n) is 0. The van der Waals surface area contributed by atoms with Crippen molar-refractivity contribution in [2.75, 3.05) is 6.26 Å². The molecule has 0 aliphatic rings. The molecule has 0 unspecified atom stereocenters. The Morgan fingerprint density at radius 2 is 1.60 bits per heavy atom. The van der Waals surface area contributed by atoms with Gasteiger partial charge in [-0.15, -0.1) is 0 Å². The number of rotatable bonds is 0. The van der Waals surface area contributed by atoms with Crippen LogP contribution in [0.15, 0.2) is 0 Å². The average molecular weight is 80.1 g/mol. The van der Waals surface area contributed by atoms with E-state index in [0.29, 0.717) is 6.26 Å². The highest BCUT2D eigenvalue weighted by Gasteiger charge is 1.85. The summed E-state index contributed by atoms with van der Waals surface area (Å²) in [5.74, 6) is 0. The lowest BCUT2D eigenvalue weighted by molar-refractivity contribution is 0.420. The van der Waals surface area contributed by atoms with Crippen LogP contribution in [-0.4, -0.2) is 14.7 Å². The van der Waals surface area contributed by atoms with Crippen molar-refractivity contribution < 1.29 is 13.0 Å². The van der Waals surface area contributed by atoms with Crippen LogP contribution < -0.4 is 0 Å². The fourth-order valence-electron chi connectivity index (χ4n) is 0. The zero-order chi connectivity index (χ0) is 4.50. The maximum absolute atomic E-state index is 9.08. The summed E-state index contributed by atoms with van der Waals surface area (Å²) in [6.07, 6.45) is 0.604. The van der Waals surface area contributed by atoms with Crippen LogP contribution in [0.4, 0.5) is 0 Å². The minimum Gasteiger partial charge on any atom is -0.197 e. The molecule has 0 heterocycles. The number of hydrogen-bond donors (Lipinski definition) is 0. The van der Waals surface area contributed by atoms with Crippen LogP contribution in [0.25, 0.3) is 0 Å². The number of hydrogen-bond acceptors (Lipinski definition) is 2. The molecule has 0 aromatic rings. The van der Waals surface area contributed by atoms with Gasteiger partial charge in [-0.2, -0.15) is 8.42 Å². The van der Waals surface area contributed by atoms with Gasteiger partial charge in [-0.1, -0.05) is 4.55 Å². The summed E-state index contributed by atoms with van der Waals surface area (Å²) >= 11 is 0. The second-order valence-corrected chi connectivity index (χ2v) is 2.11. The van der Waals surface area contributed by atoms with Crippen molar-refractivity contribution >= 4 is 10.1 Å². The summed E-state index contributed by atoms with van der Waals surface area (Å²) in [5.41, 5.74) is 0. The summed E-state index contributed by atoms with van der Waals surface area (Å²) in [4.78, 5) is 0. The molecule has 31 valence electrons. The van der Waals surface area contributed by atoms with E-state index in [2.05, 4.69) is 0 Å². The van der Waals surface area contributed by atoms with Crippen LogP contribution in [0.1, 0.15) is 0 Å². The minimum atomic E-state index is -3.92. The maximum Gasteiger partial charge on any atom is 0.291 e. The van der Waals surface area contributed by atoms with Crippen LogP contribution in [-0.2, 0) is 14.7 Å². The molecule has 5 heavy (non-hydrogen) atoms. The Bertz CT molecular complexity index is 90.1. The van der Waals surface area contributed by atoms with Gasteiger partial charge in [0.1, 0.15) is 0 Å². The molecule has 0 amide bonds. The molecule has 0 aromatic heterocycles. The molecule has 0 rings (SSSR count). The summed E-state index contributed by atoms with van der Waals surface area (Å²) < 4.78 is 27.2. The normalized spacial score (nSPS) is 11.6. The van der Waals surface area contributed by atoms with E-state index in [0.717, 1.165) is 0 Å². The Kier molecular flexibility index (Phi) is 0.931. The molecule has 0 aliphatic heterocycles. The van der Waals surface area contributed by atoms with Crippen molar-refractivity contribution in [3.8, 4) is 0 Å².